The number of amides is 1. The van der Waals surface area contributed by atoms with Gasteiger partial charge in [0.2, 0.25) is 0 Å². The fourth-order valence-electron chi connectivity index (χ4n) is 1.68. The van der Waals surface area contributed by atoms with E-state index in [1.807, 2.05) is 6.92 Å². The highest BCUT2D eigenvalue weighted by atomic mass is 19.1. The molecule has 0 saturated carbocycles. The number of aromatic nitrogens is 1. The Morgan fingerprint density at radius 2 is 2.11 bits per heavy atom. The third-order valence-corrected chi connectivity index (χ3v) is 2.56. The molecular weight excluding hydrogens is 247 g/mol. The molecule has 0 aliphatic carbocycles. The number of carbonyl (C=O) groups excluding carboxylic acids is 1. The van der Waals surface area contributed by atoms with Crippen molar-refractivity contribution in [3.63, 3.8) is 0 Å². The van der Waals surface area contributed by atoms with Gasteiger partial charge in [0.25, 0.3) is 5.91 Å². The summed E-state index contributed by atoms with van der Waals surface area (Å²) >= 11 is 0. The van der Waals surface area contributed by atoms with Crippen molar-refractivity contribution in [2.24, 2.45) is 0 Å². The van der Waals surface area contributed by atoms with Crippen molar-refractivity contribution in [1.29, 1.82) is 0 Å². The number of nitrogens with one attached hydrogen (secondary N) is 1. The Hall–Kier alpha value is -2.43. The van der Waals surface area contributed by atoms with Crippen LogP contribution < -0.4 is 10.1 Å². The minimum Gasteiger partial charge on any atom is -0.496 e. The van der Waals surface area contributed by atoms with Gasteiger partial charge in [-0.3, -0.25) is 9.78 Å². The second-order valence-electron chi connectivity index (χ2n) is 3.98. The van der Waals surface area contributed by atoms with E-state index in [1.165, 1.54) is 19.2 Å². The molecule has 0 fully saturated rings. The molecule has 0 aliphatic heterocycles. The van der Waals surface area contributed by atoms with Gasteiger partial charge in [-0.2, -0.15) is 0 Å². The predicted molar refractivity (Wildman–Crippen MR) is 69.9 cm³/mol. The lowest BCUT2D eigenvalue weighted by atomic mass is 10.1. The van der Waals surface area contributed by atoms with Gasteiger partial charge in [-0.05, 0) is 37.3 Å². The maximum absolute atomic E-state index is 13.2. The largest absolute Gasteiger partial charge is 0.496 e. The lowest BCUT2D eigenvalue weighted by molar-refractivity contribution is 0.102. The number of methoxy groups -OCH3 is 1. The van der Waals surface area contributed by atoms with Gasteiger partial charge in [0.05, 0.1) is 12.7 Å². The second-order valence-corrected chi connectivity index (χ2v) is 3.98. The SMILES string of the molecule is COc1ccc(F)cc1C(=O)Nc1ccnc(C)c1. The molecule has 1 aromatic heterocycles. The summed E-state index contributed by atoms with van der Waals surface area (Å²) < 4.78 is 18.2. The van der Waals surface area contributed by atoms with Crippen LogP contribution in [0.25, 0.3) is 0 Å². The first-order valence-corrected chi connectivity index (χ1v) is 5.67. The van der Waals surface area contributed by atoms with Crippen molar-refractivity contribution < 1.29 is 13.9 Å². The van der Waals surface area contributed by atoms with Crippen molar-refractivity contribution in [2.75, 3.05) is 12.4 Å². The summed E-state index contributed by atoms with van der Waals surface area (Å²) in [5, 5.41) is 2.68. The van der Waals surface area contributed by atoms with Crippen LogP contribution in [0.1, 0.15) is 16.1 Å². The van der Waals surface area contributed by atoms with Crippen LogP contribution in [0.2, 0.25) is 0 Å². The minimum absolute atomic E-state index is 0.150. The van der Waals surface area contributed by atoms with Gasteiger partial charge >= 0.3 is 0 Å². The summed E-state index contributed by atoms with van der Waals surface area (Å²) in [7, 11) is 1.43. The van der Waals surface area contributed by atoms with E-state index in [1.54, 1.807) is 18.3 Å². The second kappa shape index (κ2) is 5.48. The van der Waals surface area contributed by atoms with Gasteiger partial charge in [-0.1, -0.05) is 0 Å². The summed E-state index contributed by atoms with van der Waals surface area (Å²) in [4.78, 5) is 16.1. The van der Waals surface area contributed by atoms with Crippen LogP contribution in [0.4, 0.5) is 10.1 Å². The molecule has 0 aliphatic rings. The Balaban J connectivity index is 2.27. The van der Waals surface area contributed by atoms with E-state index in [4.69, 9.17) is 4.74 Å². The first kappa shape index (κ1) is 13.0. The number of anilines is 1. The van der Waals surface area contributed by atoms with Crippen LogP contribution in [0.15, 0.2) is 36.5 Å². The normalized spacial score (nSPS) is 10.1. The molecule has 0 unspecified atom stereocenters. The van der Waals surface area contributed by atoms with Crippen LogP contribution in [0.3, 0.4) is 0 Å². The van der Waals surface area contributed by atoms with Crippen molar-refractivity contribution in [3.05, 3.63) is 53.6 Å². The van der Waals surface area contributed by atoms with E-state index in [2.05, 4.69) is 10.3 Å². The molecule has 1 amide bonds. The number of benzene rings is 1. The topological polar surface area (TPSA) is 51.2 Å². The molecule has 0 radical (unpaired) electrons. The van der Waals surface area contributed by atoms with Crippen LogP contribution in [-0.2, 0) is 0 Å². The zero-order chi connectivity index (χ0) is 13.8. The van der Waals surface area contributed by atoms with Crippen molar-refractivity contribution >= 4 is 11.6 Å². The fraction of sp³-hybridized carbons (Fsp3) is 0.143. The maximum atomic E-state index is 13.2. The van der Waals surface area contributed by atoms with Crippen molar-refractivity contribution in [1.82, 2.24) is 4.98 Å². The molecule has 0 saturated heterocycles. The van der Waals surface area contributed by atoms with E-state index in [-0.39, 0.29) is 5.56 Å². The van der Waals surface area contributed by atoms with E-state index >= 15 is 0 Å². The Kier molecular flexibility index (Phi) is 3.75. The van der Waals surface area contributed by atoms with E-state index in [9.17, 15) is 9.18 Å². The van der Waals surface area contributed by atoms with Crippen LogP contribution in [0, 0.1) is 12.7 Å². The standard InChI is InChI=1S/C14H13FN2O2/c1-9-7-11(5-6-16-9)17-14(18)12-8-10(15)3-4-13(12)19-2/h3-8H,1-2H3,(H,16,17,18). The molecule has 5 heteroatoms. The number of ether oxygens (including phenoxy) is 1. The number of hydrogen-bond acceptors (Lipinski definition) is 3. The summed E-state index contributed by atoms with van der Waals surface area (Å²) in [5.74, 6) is -0.594. The zero-order valence-corrected chi connectivity index (χ0v) is 10.6. The summed E-state index contributed by atoms with van der Waals surface area (Å²) in [5.41, 5.74) is 1.53. The average Bonchev–Trinajstić information content (AvgIpc) is 2.38. The Morgan fingerprint density at radius 3 is 2.79 bits per heavy atom. The lowest BCUT2D eigenvalue weighted by Crippen LogP contribution is -2.13. The van der Waals surface area contributed by atoms with Crippen LogP contribution in [-0.4, -0.2) is 18.0 Å². The molecule has 98 valence electrons. The highest BCUT2D eigenvalue weighted by Crippen LogP contribution is 2.20. The smallest absolute Gasteiger partial charge is 0.259 e. The number of halogens is 1. The minimum atomic E-state index is -0.489. The van der Waals surface area contributed by atoms with Gasteiger partial charge in [0.15, 0.2) is 0 Å². The molecule has 2 aromatic rings. The van der Waals surface area contributed by atoms with E-state index in [0.717, 1.165) is 11.8 Å². The molecule has 1 N–H and O–H groups in total. The lowest BCUT2D eigenvalue weighted by Gasteiger charge is -2.09. The first-order chi connectivity index (χ1) is 9.10. The molecule has 2 rings (SSSR count). The number of nitrogens with zero attached hydrogens (tertiary/aromatic N) is 1. The highest BCUT2D eigenvalue weighted by molar-refractivity contribution is 6.06. The molecular formula is C14H13FN2O2. The monoisotopic (exact) mass is 260 g/mol. The number of hydrogen-bond donors (Lipinski definition) is 1. The predicted octanol–water partition coefficient (Wildman–Crippen LogP) is 2.79. The van der Waals surface area contributed by atoms with E-state index in [0.29, 0.717) is 11.4 Å². The quantitative estimate of drug-likeness (QED) is 0.923. The Bertz CT molecular complexity index is 614. The highest BCUT2D eigenvalue weighted by Gasteiger charge is 2.13. The van der Waals surface area contributed by atoms with Crippen LogP contribution in [0.5, 0.6) is 5.75 Å². The summed E-state index contributed by atoms with van der Waals surface area (Å²) in [6.07, 6.45) is 1.59. The molecule has 0 spiro atoms. The van der Waals surface area contributed by atoms with Gasteiger partial charge in [0.1, 0.15) is 11.6 Å². The number of aryl methyl sites for hydroxylation is 1. The fourth-order valence-corrected chi connectivity index (χ4v) is 1.68. The Labute approximate surface area is 110 Å². The third kappa shape index (κ3) is 3.07. The number of rotatable bonds is 3. The van der Waals surface area contributed by atoms with E-state index < -0.39 is 11.7 Å². The molecule has 4 nitrogen and oxygen atoms in total. The van der Waals surface area contributed by atoms with Gasteiger partial charge in [0, 0.05) is 17.6 Å². The molecule has 1 heterocycles. The van der Waals surface area contributed by atoms with Crippen molar-refractivity contribution in [2.45, 2.75) is 6.92 Å². The average molecular weight is 260 g/mol. The van der Waals surface area contributed by atoms with Gasteiger partial charge < -0.3 is 10.1 Å². The summed E-state index contributed by atoms with van der Waals surface area (Å²) in [6, 6.07) is 7.19. The molecule has 0 atom stereocenters. The van der Waals surface area contributed by atoms with Crippen molar-refractivity contribution in [3.8, 4) is 5.75 Å². The maximum Gasteiger partial charge on any atom is 0.259 e. The Morgan fingerprint density at radius 1 is 1.32 bits per heavy atom. The molecule has 0 bridgehead atoms. The summed E-state index contributed by atoms with van der Waals surface area (Å²) in [6.45, 7) is 1.82. The van der Waals surface area contributed by atoms with Gasteiger partial charge in [-0.25, -0.2) is 4.39 Å². The van der Waals surface area contributed by atoms with Gasteiger partial charge in [-0.15, -0.1) is 0 Å². The third-order valence-electron chi connectivity index (χ3n) is 2.56. The zero-order valence-electron chi connectivity index (χ0n) is 10.6. The molecule has 1 aromatic carbocycles. The first-order valence-electron chi connectivity index (χ1n) is 5.67. The number of pyridine rings is 1. The van der Waals surface area contributed by atoms with Crippen LogP contribution >= 0.6 is 0 Å². The molecule has 19 heavy (non-hydrogen) atoms. The number of carbonyl (C=O) groups is 1.